The topological polar surface area (TPSA) is 49.9 Å². The molecule has 0 saturated carbocycles. The van der Waals surface area contributed by atoms with E-state index in [2.05, 4.69) is 6.92 Å². The van der Waals surface area contributed by atoms with Gasteiger partial charge in [0.05, 0.1) is 0 Å². The average molecular weight is 296 g/mol. The molecule has 2 atom stereocenters. The number of ether oxygens (including phenoxy) is 1. The monoisotopic (exact) mass is 296 g/mol. The second-order valence-corrected chi connectivity index (χ2v) is 7.07. The number of carbonyl (C=O) groups is 2. The molecule has 0 aromatic rings. The van der Waals surface area contributed by atoms with Gasteiger partial charge in [-0.15, -0.1) is 0 Å². The van der Waals surface area contributed by atoms with E-state index in [0.29, 0.717) is 12.6 Å². The molecule has 5 heteroatoms. The zero-order valence-corrected chi connectivity index (χ0v) is 13.7. The van der Waals surface area contributed by atoms with Gasteiger partial charge < -0.3 is 9.64 Å². The molecular weight excluding hydrogens is 268 g/mol. The van der Waals surface area contributed by atoms with Crippen LogP contribution in [0, 0.1) is 0 Å². The van der Waals surface area contributed by atoms with Gasteiger partial charge in [-0.3, -0.25) is 9.69 Å². The molecule has 120 valence electrons. The molecule has 2 heterocycles. The van der Waals surface area contributed by atoms with Gasteiger partial charge in [-0.25, -0.2) is 4.79 Å². The van der Waals surface area contributed by atoms with Crippen LogP contribution >= 0.6 is 0 Å². The summed E-state index contributed by atoms with van der Waals surface area (Å²) in [7, 11) is 0. The molecule has 2 unspecified atom stereocenters. The summed E-state index contributed by atoms with van der Waals surface area (Å²) in [5.74, 6) is 0.114. The van der Waals surface area contributed by atoms with Crippen LogP contribution in [0.5, 0.6) is 0 Å². The molecule has 0 aromatic carbocycles. The molecule has 2 aliphatic rings. The molecule has 21 heavy (non-hydrogen) atoms. The maximum atomic E-state index is 12.8. The van der Waals surface area contributed by atoms with E-state index in [4.69, 9.17) is 4.74 Å². The minimum absolute atomic E-state index is 0.114. The van der Waals surface area contributed by atoms with E-state index < -0.39 is 5.60 Å². The van der Waals surface area contributed by atoms with Crippen molar-refractivity contribution in [2.75, 3.05) is 13.1 Å². The predicted molar refractivity (Wildman–Crippen MR) is 81.0 cm³/mol. The van der Waals surface area contributed by atoms with Gasteiger partial charge in [-0.1, -0.05) is 6.92 Å². The zero-order chi connectivity index (χ0) is 15.6. The molecule has 2 amide bonds. The molecular formula is C16H28N2O3. The van der Waals surface area contributed by atoms with Crippen molar-refractivity contribution in [2.24, 2.45) is 0 Å². The molecule has 2 rings (SSSR count). The third kappa shape index (κ3) is 3.69. The lowest BCUT2D eigenvalue weighted by Gasteiger charge is -2.32. The van der Waals surface area contributed by atoms with Crippen LogP contribution in [-0.4, -0.2) is 52.6 Å². The molecule has 2 saturated heterocycles. The standard InChI is InChI=1S/C16H28N2O3/c1-5-12-8-6-10-17(12)14(19)13-9-7-11-18(13)15(20)21-16(2,3)4/h12-13H,5-11H2,1-4H3. The summed E-state index contributed by atoms with van der Waals surface area (Å²) in [4.78, 5) is 28.7. The molecule has 2 fully saturated rings. The second kappa shape index (κ2) is 6.24. The second-order valence-electron chi connectivity index (χ2n) is 7.07. The van der Waals surface area contributed by atoms with Crippen molar-refractivity contribution in [1.82, 2.24) is 9.80 Å². The van der Waals surface area contributed by atoms with E-state index in [1.54, 1.807) is 4.90 Å². The summed E-state index contributed by atoms with van der Waals surface area (Å²) in [6, 6.07) is 0.0191. The molecule has 0 spiro atoms. The van der Waals surface area contributed by atoms with Gasteiger partial charge >= 0.3 is 6.09 Å². The van der Waals surface area contributed by atoms with Gasteiger partial charge in [0.1, 0.15) is 11.6 Å². The highest BCUT2D eigenvalue weighted by molar-refractivity contribution is 5.86. The van der Waals surface area contributed by atoms with Crippen LogP contribution in [0.1, 0.15) is 59.8 Å². The fourth-order valence-electron chi connectivity index (χ4n) is 3.30. The van der Waals surface area contributed by atoms with Gasteiger partial charge in [0, 0.05) is 19.1 Å². The third-order valence-corrected chi connectivity index (χ3v) is 4.30. The van der Waals surface area contributed by atoms with Gasteiger partial charge in [0.25, 0.3) is 0 Å². The zero-order valence-electron chi connectivity index (χ0n) is 13.7. The minimum Gasteiger partial charge on any atom is -0.444 e. The Kier molecular flexibility index (Phi) is 4.79. The van der Waals surface area contributed by atoms with Crippen molar-refractivity contribution < 1.29 is 14.3 Å². The summed E-state index contributed by atoms with van der Waals surface area (Å²) < 4.78 is 5.43. The van der Waals surface area contributed by atoms with Crippen LogP contribution < -0.4 is 0 Å². The number of rotatable bonds is 2. The Hall–Kier alpha value is -1.26. The van der Waals surface area contributed by atoms with Crippen molar-refractivity contribution >= 4 is 12.0 Å². The maximum Gasteiger partial charge on any atom is 0.410 e. The van der Waals surface area contributed by atoms with Gasteiger partial charge in [-0.05, 0) is 52.9 Å². The summed E-state index contributed by atoms with van der Waals surface area (Å²) in [5.41, 5.74) is -0.521. The molecule has 0 aliphatic carbocycles. The van der Waals surface area contributed by atoms with Gasteiger partial charge in [0.15, 0.2) is 0 Å². The summed E-state index contributed by atoms with van der Waals surface area (Å²) in [6.45, 7) is 9.13. The van der Waals surface area contributed by atoms with E-state index in [1.165, 1.54) is 0 Å². The van der Waals surface area contributed by atoms with Crippen molar-refractivity contribution in [3.05, 3.63) is 0 Å². The first-order valence-corrected chi connectivity index (χ1v) is 8.13. The quantitative estimate of drug-likeness (QED) is 0.787. The third-order valence-electron chi connectivity index (χ3n) is 4.30. The first-order valence-electron chi connectivity index (χ1n) is 8.13. The first-order chi connectivity index (χ1) is 9.83. The number of nitrogens with zero attached hydrogens (tertiary/aromatic N) is 2. The van der Waals surface area contributed by atoms with Crippen LogP contribution in [0.3, 0.4) is 0 Å². The molecule has 5 nitrogen and oxygen atoms in total. The number of carbonyl (C=O) groups excluding carboxylic acids is 2. The molecule has 0 aromatic heterocycles. The maximum absolute atomic E-state index is 12.8. The number of hydrogen-bond donors (Lipinski definition) is 0. The van der Waals surface area contributed by atoms with Crippen LogP contribution in [0.4, 0.5) is 4.79 Å². The van der Waals surface area contributed by atoms with Crippen molar-refractivity contribution in [3.8, 4) is 0 Å². The Morgan fingerprint density at radius 2 is 1.71 bits per heavy atom. The lowest BCUT2D eigenvalue weighted by molar-refractivity contribution is -0.136. The molecule has 2 aliphatic heterocycles. The molecule has 0 radical (unpaired) electrons. The highest BCUT2D eigenvalue weighted by Gasteiger charge is 2.40. The van der Waals surface area contributed by atoms with Crippen LogP contribution in [0.2, 0.25) is 0 Å². The van der Waals surface area contributed by atoms with E-state index in [1.807, 2.05) is 25.7 Å². The van der Waals surface area contributed by atoms with Crippen molar-refractivity contribution in [3.63, 3.8) is 0 Å². The van der Waals surface area contributed by atoms with Crippen molar-refractivity contribution in [1.29, 1.82) is 0 Å². The SMILES string of the molecule is CCC1CCCN1C(=O)C1CCCN1C(=O)OC(C)(C)C. The van der Waals surface area contributed by atoms with Crippen molar-refractivity contribution in [2.45, 2.75) is 77.5 Å². The Balaban J connectivity index is 2.04. The Bertz CT molecular complexity index is 403. The van der Waals surface area contributed by atoms with Crippen LogP contribution in [-0.2, 0) is 9.53 Å². The van der Waals surface area contributed by atoms with E-state index in [9.17, 15) is 9.59 Å². The average Bonchev–Trinajstić information content (AvgIpc) is 3.04. The highest BCUT2D eigenvalue weighted by atomic mass is 16.6. The molecule has 0 bridgehead atoms. The Morgan fingerprint density at radius 1 is 1.10 bits per heavy atom. The van der Waals surface area contributed by atoms with E-state index in [-0.39, 0.29) is 18.0 Å². The lowest BCUT2D eigenvalue weighted by Crippen LogP contribution is -2.50. The summed E-state index contributed by atoms with van der Waals surface area (Å²) >= 11 is 0. The fraction of sp³-hybridized carbons (Fsp3) is 0.875. The van der Waals surface area contributed by atoms with E-state index >= 15 is 0 Å². The smallest absolute Gasteiger partial charge is 0.410 e. The molecule has 0 N–H and O–H groups in total. The minimum atomic E-state index is -0.521. The predicted octanol–water partition coefficient (Wildman–Crippen LogP) is 2.79. The summed E-state index contributed by atoms with van der Waals surface area (Å²) in [5, 5.41) is 0. The lowest BCUT2D eigenvalue weighted by atomic mass is 10.1. The summed E-state index contributed by atoms with van der Waals surface area (Å²) in [6.07, 6.45) is 4.42. The number of hydrogen-bond acceptors (Lipinski definition) is 3. The van der Waals surface area contributed by atoms with E-state index in [0.717, 1.165) is 38.6 Å². The Morgan fingerprint density at radius 3 is 2.33 bits per heavy atom. The van der Waals surface area contributed by atoms with Gasteiger partial charge in [-0.2, -0.15) is 0 Å². The van der Waals surface area contributed by atoms with Crippen LogP contribution in [0.25, 0.3) is 0 Å². The highest BCUT2D eigenvalue weighted by Crippen LogP contribution is 2.27. The fourth-order valence-corrected chi connectivity index (χ4v) is 3.30. The Labute approximate surface area is 127 Å². The van der Waals surface area contributed by atoms with Crippen LogP contribution in [0.15, 0.2) is 0 Å². The van der Waals surface area contributed by atoms with Gasteiger partial charge in [0.2, 0.25) is 5.91 Å². The first kappa shape index (κ1) is 16.1. The largest absolute Gasteiger partial charge is 0.444 e. The number of amides is 2. The normalized spacial score (nSPS) is 26.3. The number of likely N-dealkylation sites (tertiary alicyclic amines) is 2.